The highest BCUT2D eigenvalue weighted by atomic mass is 35.5. The van der Waals surface area contributed by atoms with Crippen LogP contribution in [0.15, 0.2) is 30.7 Å². The second kappa shape index (κ2) is 5.47. The van der Waals surface area contributed by atoms with E-state index in [9.17, 15) is 0 Å². The van der Waals surface area contributed by atoms with Gasteiger partial charge in [-0.25, -0.2) is 9.67 Å². The predicted octanol–water partition coefficient (Wildman–Crippen LogP) is 3.72. The Morgan fingerprint density at radius 3 is 2.74 bits per heavy atom. The molecule has 8 heteroatoms. The first-order valence-electron chi connectivity index (χ1n) is 7.21. The van der Waals surface area contributed by atoms with E-state index in [-0.39, 0.29) is 0 Å². The number of rotatable bonds is 3. The third kappa shape index (κ3) is 2.26. The Bertz CT molecular complexity index is 1020. The smallest absolute Gasteiger partial charge is 0.174 e. The SMILES string of the molecule is CCCc1nnc2c3cnn(-c4ccc(Cl)c(Cl)c4)c3ncn12. The third-order valence-corrected chi connectivity index (χ3v) is 4.41. The molecule has 4 rings (SSSR count). The summed E-state index contributed by atoms with van der Waals surface area (Å²) in [5, 5.41) is 14.7. The predicted molar refractivity (Wildman–Crippen MR) is 89.4 cm³/mol. The molecular weight excluding hydrogens is 335 g/mol. The topological polar surface area (TPSA) is 60.9 Å². The van der Waals surface area contributed by atoms with Crippen LogP contribution < -0.4 is 0 Å². The van der Waals surface area contributed by atoms with Crippen LogP contribution >= 0.6 is 23.2 Å². The van der Waals surface area contributed by atoms with Crippen LogP contribution in [0.1, 0.15) is 19.2 Å². The molecule has 0 saturated heterocycles. The van der Waals surface area contributed by atoms with Gasteiger partial charge < -0.3 is 0 Å². The highest BCUT2D eigenvalue weighted by Crippen LogP contribution is 2.26. The molecule has 0 amide bonds. The van der Waals surface area contributed by atoms with Gasteiger partial charge >= 0.3 is 0 Å². The van der Waals surface area contributed by atoms with Gasteiger partial charge in [-0.1, -0.05) is 30.1 Å². The maximum atomic E-state index is 6.10. The van der Waals surface area contributed by atoms with E-state index >= 15 is 0 Å². The van der Waals surface area contributed by atoms with Gasteiger partial charge in [0.2, 0.25) is 0 Å². The molecule has 0 atom stereocenters. The summed E-state index contributed by atoms with van der Waals surface area (Å²) in [4.78, 5) is 4.52. The molecule has 3 aromatic heterocycles. The first-order chi connectivity index (χ1) is 11.2. The molecule has 0 radical (unpaired) electrons. The molecule has 0 fully saturated rings. The van der Waals surface area contributed by atoms with Crippen LogP contribution in [0.2, 0.25) is 10.0 Å². The normalized spacial score (nSPS) is 11.6. The van der Waals surface area contributed by atoms with E-state index in [4.69, 9.17) is 23.2 Å². The maximum Gasteiger partial charge on any atom is 0.174 e. The molecule has 0 unspecified atom stereocenters. The average molecular weight is 347 g/mol. The molecule has 0 aliphatic heterocycles. The van der Waals surface area contributed by atoms with Gasteiger partial charge in [0.1, 0.15) is 12.2 Å². The average Bonchev–Trinajstić information content (AvgIpc) is 3.14. The first-order valence-corrected chi connectivity index (χ1v) is 7.96. The van der Waals surface area contributed by atoms with E-state index in [0.29, 0.717) is 15.7 Å². The van der Waals surface area contributed by atoms with Gasteiger partial charge in [-0.2, -0.15) is 5.10 Å². The number of halogens is 2. The van der Waals surface area contributed by atoms with E-state index in [1.165, 1.54) is 0 Å². The summed E-state index contributed by atoms with van der Waals surface area (Å²) in [6.07, 6.45) is 5.33. The number of fused-ring (bicyclic) bond motifs is 3. The number of benzene rings is 1. The van der Waals surface area contributed by atoms with Crippen molar-refractivity contribution in [3.8, 4) is 5.69 Å². The quantitative estimate of drug-likeness (QED) is 0.567. The molecular formula is C15H12Cl2N6. The Balaban J connectivity index is 1.93. The van der Waals surface area contributed by atoms with Crippen molar-refractivity contribution in [2.45, 2.75) is 19.8 Å². The van der Waals surface area contributed by atoms with Crippen LogP contribution in [0, 0.1) is 0 Å². The third-order valence-electron chi connectivity index (χ3n) is 3.67. The molecule has 0 spiro atoms. The molecule has 6 nitrogen and oxygen atoms in total. The minimum absolute atomic E-state index is 0.474. The maximum absolute atomic E-state index is 6.10. The summed E-state index contributed by atoms with van der Waals surface area (Å²) in [7, 11) is 0. The minimum atomic E-state index is 0.474. The molecule has 116 valence electrons. The van der Waals surface area contributed by atoms with Gasteiger partial charge in [0, 0.05) is 6.42 Å². The largest absolute Gasteiger partial charge is 0.269 e. The fourth-order valence-corrected chi connectivity index (χ4v) is 2.86. The van der Waals surface area contributed by atoms with Crippen LogP contribution in [0.5, 0.6) is 0 Å². The molecule has 23 heavy (non-hydrogen) atoms. The van der Waals surface area contributed by atoms with Crippen LogP contribution in [0.25, 0.3) is 22.4 Å². The molecule has 4 aromatic rings. The molecule has 0 bridgehead atoms. The number of aromatic nitrogens is 6. The zero-order valence-electron chi connectivity index (χ0n) is 12.2. The Hall–Kier alpha value is -2.18. The minimum Gasteiger partial charge on any atom is -0.269 e. The summed E-state index contributed by atoms with van der Waals surface area (Å²) in [6.45, 7) is 2.11. The molecule has 0 aliphatic rings. The fourth-order valence-electron chi connectivity index (χ4n) is 2.56. The number of hydrogen-bond acceptors (Lipinski definition) is 4. The highest BCUT2D eigenvalue weighted by Gasteiger charge is 2.14. The van der Waals surface area contributed by atoms with Gasteiger partial charge in [0.25, 0.3) is 0 Å². The lowest BCUT2D eigenvalue weighted by atomic mass is 10.3. The molecule has 0 saturated carbocycles. The number of nitrogens with zero attached hydrogens (tertiary/aromatic N) is 6. The first kappa shape index (κ1) is 14.4. The van der Waals surface area contributed by atoms with E-state index in [1.807, 2.05) is 10.5 Å². The zero-order valence-corrected chi connectivity index (χ0v) is 13.8. The summed E-state index contributed by atoms with van der Waals surface area (Å²) in [5.74, 6) is 0.902. The standard InChI is InChI=1S/C15H12Cl2N6/c1-2-3-13-20-21-15-10-7-19-23(14(10)18-8-22(13)15)9-4-5-11(16)12(17)6-9/h4-8H,2-3H2,1H3. The van der Waals surface area contributed by atoms with Crippen LogP contribution in [-0.2, 0) is 6.42 Å². The van der Waals surface area contributed by atoms with Crippen LogP contribution in [-0.4, -0.2) is 29.4 Å². The lowest BCUT2D eigenvalue weighted by molar-refractivity contribution is 0.812. The summed E-state index contributed by atoms with van der Waals surface area (Å²) < 4.78 is 3.62. The second-order valence-corrected chi connectivity index (χ2v) is 6.01. The monoisotopic (exact) mass is 346 g/mol. The highest BCUT2D eigenvalue weighted by molar-refractivity contribution is 6.42. The van der Waals surface area contributed by atoms with Crippen molar-refractivity contribution in [1.29, 1.82) is 0 Å². The fraction of sp³-hybridized carbons (Fsp3) is 0.200. The van der Waals surface area contributed by atoms with Crippen molar-refractivity contribution in [2.24, 2.45) is 0 Å². The molecule has 1 aromatic carbocycles. The zero-order chi connectivity index (χ0) is 16.0. The molecule has 3 heterocycles. The lowest BCUT2D eigenvalue weighted by Crippen LogP contribution is -2.00. The summed E-state index contributed by atoms with van der Waals surface area (Å²) >= 11 is 12.1. The van der Waals surface area contributed by atoms with E-state index < -0.39 is 0 Å². The van der Waals surface area contributed by atoms with Gasteiger partial charge in [-0.3, -0.25) is 4.40 Å². The van der Waals surface area contributed by atoms with Crippen molar-refractivity contribution < 1.29 is 0 Å². The Morgan fingerprint density at radius 2 is 1.96 bits per heavy atom. The number of hydrogen-bond donors (Lipinski definition) is 0. The van der Waals surface area contributed by atoms with E-state index in [0.717, 1.165) is 35.4 Å². The van der Waals surface area contributed by atoms with Gasteiger partial charge in [0.05, 0.1) is 27.3 Å². The van der Waals surface area contributed by atoms with E-state index in [1.54, 1.807) is 29.3 Å². The second-order valence-electron chi connectivity index (χ2n) is 5.20. The summed E-state index contributed by atoms with van der Waals surface area (Å²) in [5.41, 5.74) is 2.25. The summed E-state index contributed by atoms with van der Waals surface area (Å²) in [6, 6.07) is 5.34. The van der Waals surface area contributed by atoms with Crippen molar-refractivity contribution in [1.82, 2.24) is 29.4 Å². The van der Waals surface area contributed by atoms with Crippen molar-refractivity contribution >= 4 is 39.9 Å². The van der Waals surface area contributed by atoms with Gasteiger partial charge in [0.15, 0.2) is 11.3 Å². The van der Waals surface area contributed by atoms with Gasteiger partial charge in [-0.15, -0.1) is 10.2 Å². The van der Waals surface area contributed by atoms with Gasteiger partial charge in [-0.05, 0) is 24.6 Å². The van der Waals surface area contributed by atoms with Crippen LogP contribution in [0.4, 0.5) is 0 Å². The van der Waals surface area contributed by atoms with Crippen molar-refractivity contribution in [3.63, 3.8) is 0 Å². The molecule has 0 N–H and O–H groups in total. The van der Waals surface area contributed by atoms with Crippen LogP contribution in [0.3, 0.4) is 0 Å². The Kier molecular flexibility index (Phi) is 3.43. The molecule has 0 aliphatic carbocycles. The van der Waals surface area contributed by atoms with Crippen molar-refractivity contribution in [2.75, 3.05) is 0 Å². The number of aryl methyl sites for hydroxylation is 1. The van der Waals surface area contributed by atoms with E-state index in [2.05, 4.69) is 27.2 Å². The Morgan fingerprint density at radius 1 is 1.09 bits per heavy atom. The Labute approximate surface area is 141 Å². The van der Waals surface area contributed by atoms with Crippen molar-refractivity contribution in [3.05, 3.63) is 46.6 Å². The lowest BCUT2D eigenvalue weighted by Gasteiger charge is -2.05.